The van der Waals surface area contributed by atoms with Gasteiger partial charge < -0.3 is 19.7 Å². The van der Waals surface area contributed by atoms with Gasteiger partial charge in [-0.2, -0.15) is 15.2 Å². The molecular weight excluding hydrogens is 448 g/mol. The highest BCUT2D eigenvalue weighted by Gasteiger charge is 2.27. The summed E-state index contributed by atoms with van der Waals surface area (Å²) in [7, 11) is 0. The number of hydrogen-bond acceptors (Lipinski definition) is 8. The number of anilines is 1. The van der Waals surface area contributed by atoms with Crippen molar-refractivity contribution in [2.24, 2.45) is 0 Å². The first-order chi connectivity index (χ1) is 17.1. The van der Waals surface area contributed by atoms with Gasteiger partial charge >= 0.3 is 5.69 Å². The molecule has 0 bridgehead atoms. The van der Waals surface area contributed by atoms with Crippen LogP contribution in [0.25, 0.3) is 28.1 Å². The lowest BCUT2D eigenvalue weighted by atomic mass is 10.1. The van der Waals surface area contributed by atoms with Crippen molar-refractivity contribution < 1.29 is 9.84 Å². The smallest absolute Gasteiger partial charge is 0.328 e. The zero-order valence-electron chi connectivity index (χ0n) is 19.2. The summed E-state index contributed by atoms with van der Waals surface area (Å²) in [5.41, 5.74) is 2.90. The van der Waals surface area contributed by atoms with Gasteiger partial charge in [-0.1, -0.05) is 0 Å². The Morgan fingerprint density at radius 1 is 1.14 bits per heavy atom. The quantitative estimate of drug-likeness (QED) is 0.460. The molecule has 1 unspecified atom stereocenters. The van der Waals surface area contributed by atoms with Gasteiger partial charge in [0.1, 0.15) is 11.8 Å². The summed E-state index contributed by atoms with van der Waals surface area (Å²) < 4.78 is 9.01. The molecule has 2 fully saturated rings. The van der Waals surface area contributed by atoms with E-state index in [1.807, 2.05) is 0 Å². The molecule has 0 saturated carbocycles. The summed E-state index contributed by atoms with van der Waals surface area (Å²) in [4.78, 5) is 32.5. The van der Waals surface area contributed by atoms with E-state index in [0.29, 0.717) is 54.7 Å². The molecule has 2 saturated heterocycles. The van der Waals surface area contributed by atoms with Crippen LogP contribution in [0.5, 0.6) is 0 Å². The lowest BCUT2D eigenvalue weighted by molar-refractivity contribution is 0.0697. The van der Waals surface area contributed by atoms with Gasteiger partial charge in [-0.25, -0.2) is 9.78 Å². The summed E-state index contributed by atoms with van der Waals surface area (Å²) in [5, 5.41) is 19.6. The molecule has 1 aromatic carbocycles. The van der Waals surface area contributed by atoms with Crippen molar-refractivity contribution in [2.45, 2.75) is 44.2 Å². The highest BCUT2D eigenvalue weighted by molar-refractivity contribution is 5.85. The van der Waals surface area contributed by atoms with Crippen LogP contribution in [-0.2, 0) is 4.74 Å². The number of aromatic amines is 1. The van der Waals surface area contributed by atoms with E-state index in [0.717, 1.165) is 43.3 Å². The van der Waals surface area contributed by atoms with E-state index in [9.17, 15) is 15.2 Å². The van der Waals surface area contributed by atoms with Gasteiger partial charge in [-0.15, -0.1) is 0 Å². The van der Waals surface area contributed by atoms with Gasteiger partial charge in [0.15, 0.2) is 11.5 Å². The Hall–Kier alpha value is -3.75. The predicted octanol–water partition coefficient (Wildman–Crippen LogP) is 2.03. The molecule has 1 atom stereocenters. The van der Waals surface area contributed by atoms with Crippen molar-refractivity contribution in [2.75, 3.05) is 31.2 Å². The number of aromatic nitrogens is 6. The van der Waals surface area contributed by atoms with Crippen LogP contribution in [0.2, 0.25) is 0 Å². The van der Waals surface area contributed by atoms with Crippen LogP contribution in [0.3, 0.4) is 0 Å². The molecule has 0 aliphatic carbocycles. The Bertz CT molecular complexity index is 1490. The second kappa shape index (κ2) is 8.79. The second-order valence-electron chi connectivity index (χ2n) is 9.19. The topological polar surface area (TPSA) is 138 Å². The van der Waals surface area contributed by atoms with E-state index in [1.54, 1.807) is 33.7 Å². The number of nitrogens with zero attached hydrogens (tertiary/aromatic N) is 7. The average Bonchev–Trinajstić information content (AvgIpc) is 3.37. The fraction of sp³-hybridized carbons (Fsp3) is 0.458. The number of benzene rings is 1. The maximum Gasteiger partial charge on any atom is 0.328 e. The molecule has 6 rings (SSSR count). The van der Waals surface area contributed by atoms with Gasteiger partial charge in [0, 0.05) is 32.3 Å². The fourth-order valence-corrected chi connectivity index (χ4v) is 5.12. The second-order valence-corrected chi connectivity index (χ2v) is 9.19. The van der Waals surface area contributed by atoms with Crippen molar-refractivity contribution in [3.63, 3.8) is 0 Å². The molecular formula is C24H26N8O3. The molecule has 180 valence electrons. The molecule has 0 spiro atoms. The van der Waals surface area contributed by atoms with Gasteiger partial charge in [0.25, 0.3) is 0 Å². The number of imidazole rings is 2. The third-order valence-corrected chi connectivity index (χ3v) is 6.98. The zero-order chi connectivity index (χ0) is 23.9. The molecule has 0 radical (unpaired) electrons. The summed E-state index contributed by atoms with van der Waals surface area (Å²) in [6.07, 6.45) is 4.96. The Kier molecular flexibility index (Phi) is 5.47. The number of ether oxygens (including phenoxy) is 1. The summed E-state index contributed by atoms with van der Waals surface area (Å²) >= 11 is 0. The maximum absolute atomic E-state index is 13.2. The number of aliphatic hydroxyl groups excluding tert-OH is 1. The molecule has 11 nitrogen and oxygen atoms in total. The minimum atomic E-state index is -0.343. The monoisotopic (exact) mass is 474 g/mol. The van der Waals surface area contributed by atoms with Crippen LogP contribution < -0.4 is 10.6 Å². The maximum atomic E-state index is 13.2. The van der Waals surface area contributed by atoms with Crippen molar-refractivity contribution in [3.8, 4) is 12.0 Å². The zero-order valence-corrected chi connectivity index (χ0v) is 19.2. The highest BCUT2D eigenvalue weighted by atomic mass is 16.5. The van der Waals surface area contributed by atoms with Crippen molar-refractivity contribution in [1.29, 1.82) is 5.26 Å². The number of aliphatic hydroxyl groups is 1. The third-order valence-electron chi connectivity index (χ3n) is 6.98. The van der Waals surface area contributed by atoms with E-state index in [4.69, 9.17) is 14.7 Å². The van der Waals surface area contributed by atoms with E-state index < -0.39 is 0 Å². The lowest BCUT2D eigenvalue weighted by Crippen LogP contribution is -2.28. The molecule has 2 aliphatic heterocycles. The predicted molar refractivity (Wildman–Crippen MR) is 129 cm³/mol. The van der Waals surface area contributed by atoms with Gasteiger partial charge in [-0.3, -0.25) is 9.13 Å². The van der Waals surface area contributed by atoms with E-state index in [-0.39, 0.29) is 17.8 Å². The number of rotatable bonds is 3. The van der Waals surface area contributed by atoms with E-state index in [2.05, 4.69) is 20.9 Å². The Morgan fingerprint density at radius 3 is 2.83 bits per heavy atom. The minimum absolute atomic E-state index is 0.0173. The standard InChI is InChI=1S/C24H26N8O3/c25-13-15-3-4-18-19(12-15)31(14-26-18)23-28-21(30-8-1-2-17(33)5-9-30)20-22(29-23)32(24(34)27-20)16-6-10-35-11-7-16/h3-4,12,14,16-17,33H,1-2,5-11H2,(H,27,34). The summed E-state index contributed by atoms with van der Waals surface area (Å²) in [6.45, 7) is 2.54. The first-order valence-electron chi connectivity index (χ1n) is 12.0. The molecule has 0 amide bonds. The van der Waals surface area contributed by atoms with Crippen LogP contribution in [0.1, 0.15) is 43.7 Å². The summed E-state index contributed by atoms with van der Waals surface area (Å²) in [5.74, 6) is 1.02. The molecule has 3 aromatic heterocycles. The number of hydrogen-bond donors (Lipinski definition) is 2. The van der Waals surface area contributed by atoms with E-state index >= 15 is 0 Å². The van der Waals surface area contributed by atoms with Crippen LogP contribution in [0, 0.1) is 11.3 Å². The van der Waals surface area contributed by atoms with Gasteiger partial charge in [-0.05, 0) is 50.3 Å². The number of fused-ring (bicyclic) bond motifs is 2. The Balaban J connectivity index is 1.57. The van der Waals surface area contributed by atoms with Crippen molar-refractivity contribution in [1.82, 2.24) is 29.1 Å². The van der Waals surface area contributed by atoms with Crippen LogP contribution in [0.15, 0.2) is 29.3 Å². The Labute approximate surface area is 200 Å². The highest BCUT2D eigenvalue weighted by Crippen LogP contribution is 2.30. The average molecular weight is 475 g/mol. The van der Waals surface area contributed by atoms with Gasteiger partial charge in [0.05, 0.1) is 28.8 Å². The Morgan fingerprint density at radius 2 is 2.00 bits per heavy atom. The first kappa shape index (κ1) is 21.8. The van der Waals surface area contributed by atoms with Crippen molar-refractivity contribution >= 4 is 28.0 Å². The molecule has 35 heavy (non-hydrogen) atoms. The van der Waals surface area contributed by atoms with Crippen LogP contribution >= 0.6 is 0 Å². The third kappa shape index (κ3) is 3.84. The number of H-pyrrole nitrogens is 1. The van der Waals surface area contributed by atoms with Crippen LogP contribution in [0.4, 0.5) is 5.82 Å². The largest absolute Gasteiger partial charge is 0.393 e. The lowest BCUT2D eigenvalue weighted by Gasteiger charge is -2.24. The fourth-order valence-electron chi connectivity index (χ4n) is 5.12. The normalized spacial score (nSPS) is 19.8. The number of nitriles is 1. The molecule has 11 heteroatoms. The molecule has 4 aromatic rings. The van der Waals surface area contributed by atoms with E-state index in [1.165, 1.54) is 0 Å². The molecule has 5 heterocycles. The number of nitrogens with one attached hydrogen (secondary N) is 1. The van der Waals surface area contributed by atoms with Crippen molar-refractivity contribution in [3.05, 3.63) is 40.6 Å². The van der Waals surface area contributed by atoms with Crippen LogP contribution in [-0.4, -0.2) is 66.6 Å². The van der Waals surface area contributed by atoms with Gasteiger partial charge in [0.2, 0.25) is 5.95 Å². The SMILES string of the molecule is N#Cc1ccc2ncn(-c3nc(N4CCCC(O)CC4)c4[nH]c(=O)n(C5CCOCC5)c4n3)c2c1. The molecule has 2 aliphatic rings. The summed E-state index contributed by atoms with van der Waals surface area (Å²) in [6, 6.07) is 7.45. The minimum Gasteiger partial charge on any atom is -0.393 e. The molecule has 2 N–H and O–H groups in total. The first-order valence-corrected chi connectivity index (χ1v) is 12.0.